The van der Waals surface area contributed by atoms with Crippen molar-refractivity contribution in [2.45, 2.75) is 0 Å². The number of allylic oxidation sites excluding steroid dienone is 4. The van der Waals surface area contributed by atoms with Crippen LogP contribution in [0.25, 0.3) is 49.4 Å². The average molecular weight is 527 g/mol. The number of pyridine rings is 1. The Balaban J connectivity index is 1.27. The second-order valence-electron chi connectivity index (χ2n) is 9.98. The Morgan fingerprint density at radius 2 is 1.07 bits per heavy atom. The van der Waals surface area contributed by atoms with Gasteiger partial charge >= 0.3 is 0 Å². The molecule has 0 atom stereocenters. The highest BCUT2D eigenvalue weighted by Gasteiger charge is 2.16. The lowest BCUT2D eigenvalue weighted by Gasteiger charge is -2.18. The molecule has 6 aromatic rings. The molecule has 0 fully saturated rings. The minimum Gasteiger partial charge on any atom is -0.299 e. The van der Waals surface area contributed by atoms with Gasteiger partial charge in [0.2, 0.25) is 0 Å². The third kappa shape index (κ3) is 4.62. The van der Waals surface area contributed by atoms with Gasteiger partial charge in [-0.25, -0.2) is 0 Å². The summed E-state index contributed by atoms with van der Waals surface area (Å²) < 4.78 is 0. The smallest absolute Gasteiger partial charge is 0.109 e. The van der Waals surface area contributed by atoms with Crippen LogP contribution in [-0.4, -0.2) is 16.4 Å². The molecule has 4 nitrogen and oxygen atoms in total. The summed E-state index contributed by atoms with van der Waals surface area (Å²) in [6.07, 6.45) is 9.16. The SMILES string of the molecule is N=C1C=CC(c2ccncc2)=C/C1=N/Nc1ccc(-c2c3ccccc3c(-c3ccccc3)c3ccccc23)cc1. The van der Waals surface area contributed by atoms with Crippen molar-refractivity contribution < 1.29 is 0 Å². The zero-order valence-electron chi connectivity index (χ0n) is 22.3. The summed E-state index contributed by atoms with van der Waals surface area (Å²) in [5.41, 5.74) is 11.8. The molecule has 2 N–H and O–H groups in total. The average Bonchev–Trinajstić information content (AvgIpc) is 3.04. The molecule has 41 heavy (non-hydrogen) atoms. The standard InChI is InChI=1S/C37H26N4/c38-34-19-16-28(25-20-22-39-23-21-25)24-35(34)41-40-29-17-14-27(15-18-29)37-32-12-6-4-10-30(32)36(26-8-2-1-3-9-26)31-11-5-7-13-33(31)37/h1-24,38,40H/b38-34?,41-35-. The van der Waals surface area contributed by atoms with Crippen molar-refractivity contribution in [3.8, 4) is 22.3 Å². The van der Waals surface area contributed by atoms with Crippen LogP contribution in [0, 0.1) is 5.41 Å². The predicted molar refractivity (Wildman–Crippen MR) is 172 cm³/mol. The quantitative estimate of drug-likeness (QED) is 0.134. The number of rotatable bonds is 5. The minimum atomic E-state index is 0.364. The van der Waals surface area contributed by atoms with E-state index in [9.17, 15) is 0 Å². The molecule has 0 amide bonds. The van der Waals surface area contributed by atoms with Crippen LogP contribution in [0.4, 0.5) is 5.69 Å². The van der Waals surface area contributed by atoms with Gasteiger partial charge in [0.05, 0.1) is 11.4 Å². The van der Waals surface area contributed by atoms with Crippen LogP contribution in [0.3, 0.4) is 0 Å². The lowest BCUT2D eigenvalue weighted by molar-refractivity contribution is 1.32. The van der Waals surface area contributed by atoms with E-state index in [4.69, 9.17) is 5.41 Å². The van der Waals surface area contributed by atoms with Crippen molar-refractivity contribution in [3.05, 3.63) is 151 Å². The molecule has 0 bridgehead atoms. The third-order valence-electron chi connectivity index (χ3n) is 7.48. The molecule has 0 spiro atoms. The zero-order valence-corrected chi connectivity index (χ0v) is 22.3. The van der Waals surface area contributed by atoms with Gasteiger partial charge in [-0.15, -0.1) is 0 Å². The fourth-order valence-electron chi connectivity index (χ4n) is 5.54. The lowest BCUT2D eigenvalue weighted by Crippen LogP contribution is -2.13. The molecule has 7 rings (SSSR count). The molecule has 0 saturated heterocycles. The second kappa shape index (κ2) is 10.5. The van der Waals surface area contributed by atoms with E-state index in [2.05, 4.69) is 107 Å². The predicted octanol–water partition coefficient (Wildman–Crippen LogP) is 9.16. The number of hydrazone groups is 1. The molecule has 194 valence electrons. The molecule has 5 aromatic carbocycles. The van der Waals surface area contributed by atoms with Crippen LogP contribution in [0.2, 0.25) is 0 Å². The molecule has 1 aromatic heterocycles. The van der Waals surface area contributed by atoms with E-state index in [-0.39, 0.29) is 0 Å². The molecular weight excluding hydrogens is 500 g/mol. The highest BCUT2D eigenvalue weighted by molar-refractivity contribution is 6.51. The van der Waals surface area contributed by atoms with Crippen molar-refractivity contribution >= 4 is 44.2 Å². The van der Waals surface area contributed by atoms with Gasteiger partial charge in [-0.3, -0.25) is 15.8 Å². The number of aromatic nitrogens is 1. The van der Waals surface area contributed by atoms with Crippen LogP contribution >= 0.6 is 0 Å². The van der Waals surface area contributed by atoms with Gasteiger partial charge in [0, 0.05) is 12.4 Å². The van der Waals surface area contributed by atoms with Gasteiger partial charge in [-0.2, -0.15) is 5.10 Å². The number of nitrogens with one attached hydrogen (secondary N) is 2. The summed E-state index contributed by atoms with van der Waals surface area (Å²) in [5.74, 6) is 0. The largest absolute Gasteiger partial charge is 0.299 e. The number of fused-ring (bicyclic) bond motifs is 2. The van der Waals surface area contributed by atoms with Gasteiger partial charge in [0.25, 0.3) is 0 Å². The topological polar surface area (TPSA) is 61.1 Å². The van der Waals surface area contributed by atoms with E-state index in [1.165, 1.54) is 38.2 Å². The first kappa shape index (κ1) is 24.4. The summed E-state index contributed by atoms with van der Waals surface area (Å²) in [5, 5.41) is 17.8. The van der Waals surface area contributed by atoms with Crippen LogP contribution < -0.4 is 5.43 Å². The summed E-state index contributed by atoms with van der Waals surface area (Å²) in [6.45, 7) is 0. The lowest BCUT2D eigenvalue weighted by atomic mass is 9.86. The van der Waals surface area contributed by atoms with E-state index < -0.39 is 0 Å². The van der Waals surface area contributed by atoms with Crippen LogP contribution in [0.1, 0.15) is 5.56 Å². The van der Waals surface area contributed by atoms with Crippen molar-refractivity contribution in [2.24, 2.45) is 5.10 Å². The van der Waals surface area contributed by atoms with E-state index in [1.54, 1.807) is 18.5 Å². The summed E-state index contributed by atoms with van der Waals surface area (Å²) in [6, 6.07) is 40.3. The molecule has 1 heterocycles. The molecule has 4 heteroatoms. The molecule has 1 aliphatic carbocycles. The van der Waals surface area contributed by atoms with E-state index in [1.807, 2.05) is 36.4 Å². The Morgan fingerprint density at radius 1 is 0.537 bits per heavy atom. The zero-order chi connectivity index (χ0) is 27.6. The van der Waals surface area contributed by atoms with E-state index in [0.29, 0.717) is 11.4 Å². The van der Waals surface area contributed by atoms with Crippen LogP contribution in [0.5, 0.6) is 0 Å². The summed E-state index contributed by atoms with van der Waals surface area (Å²) in [7, 11) is 0. The molecule has 0 radical (unpaired) electrons. The maximum atomic E-state index is 8.33. The third-order valence-corrected chi connectivity index (χ3v) is 7.48. The molecule has 0 aliphatic heterocycles. The van der Waals surface area contributed by atoms with Gasteiger partial charge < -0.3 is 0 Å². The van der Waals surface area contributed by atoms with Crippen molar-refractivity contribution in [1.29, 1.82) is 5.41 Å². The number of hydrogen-bond donors (Lipinski definition) is 2. The summed E-state index contributed by atoms with van der Waals surface area (Å²) in [4.78, 5) is 4.09. The van der Waals surface area contributed by atoms with E-state index >= 15 is 0 Å². The number of benzene rings is 5. The first-order valence-electron chi connectivity index (χ1n) is 13.6. The Bertz CT molecular complexity index is 1950. The first-order chi connectivity index (χ1) is 20.3. The van der Waals surface area contributed by atoms with Crippen molar-refractivity contribution in [2.75, 3.05) is 5.43 Å². The maximum absolute atomic E-state index is 8.33. The Morgan fingerprint density at radius 3 is 1.66 bits per heavy atom. The van der Waals surface area contributed by atoms with Crippen molar-refractivity contribution in [1.82, 2.24) is 4.98 Å². The number of nitrogens with zero attached hydrogens (tertiary/aromatic N) is 2. The minimum absolute atomic E-state index is 0.364. The van der Waals surface area contributed by atoms with Crippen LogP contribution in [0.15, 0.2) is 151 Å². The Labute approximate surface area is 238 Å². The highest BCUT2D eigenvalue weighted by Crippen LogP contribution is 2.43. The van der Waals surface area contributed by atoms with Gasteiger partial charge in [-0.1, -0.05) is 97.1 Å². The fourth-order valence-corrected chi connectivity index (χ4v) is 5.54. The molecule has 0 saturated carbocycles. The van der Waals surface area contributed by atoms with Crippen molar-refractivity contribution in [3.63, 3.8) is 0 Å². The number of hydrogen-bond acceptors (Lipinski definition) is 4. The monoisotopic (exact) mass is 526 g/mol. The highest BCUT2D eigenvalue weighted by atomic mass is 15.3. The van der Waals surface area contributed by atoms with Gasteiger partial charge in [0.1, 0.15) is 5.71 Å². The Hall–Kier alpha value is -5.61. The molecule has 1 aliphatic rings. The first-order valence-corrected chi connectivity index (χ1v) is 13.6. The molecule has 0 unspecified atom stereocenters. The van der Waals surface area contributed by atoms with Gasteiger partial charge in [0.15, 0.2) is 0 Å². The number of anilines is 1. The second-order valence-corrected chi connectivity index (χ2v) is 9.98. The van der Waals surface area contributed by atoms with E-state index in [0.717, 1.165) is 22.4 Å². The molecular formula is C37H26N4. The normalized spacial score (nSPS) is 14.0. The fraction of sp³-hybridized carbons (Fsp3) is 0. The Kier molecular flexibility index (Phi) is 6.26. The van der Waals surface area contributed by atoms with Crippen LogP contribution in [-0.2, 0) is 0 Å². The summed E-state index contributed by atoms with van der Waals surface area (Å²) >= 11 is 0. The maximum Gasteiger partial charge on any atom is 0.109 e. The van der Waals surface area contributed by atoms with Gasteiger partial charge in [-0.05, 0) is 91.4 Å².